The minimum atomic E-state index is -4.24. The topological polar surface area (TPSA) is 125 Å². The number of nitrogens with one attached hydrogen (secondary N) is 3. The molecule has 36 heavy (non-hydrogen) atoms. The van der Waals surface area contributed by atoms with E-state index in [9.17, 15) is 22.8 Å². The molecule has 188 valence electrons. The van der Waals surface area contributed by atoms with Gasteiger partial charge >= 0.3 is 0 Å². The highest BCUT2D eigenvalue weighted by molar-refractivity contribution is 7.89. The summed E-state index contributed by atoms with van der Waals surface area (Å²) in [6.45, 7) is 4.00. The van der Waals surface area contributed by atoms with Gasteiger partial charge in [0.15, 0.2) is 0 Å². The summed E-state index contributed by atoms with van der Waals surface area (Å²) in [4.78, 5) is 36.6. The minimum Gasteiger partial charge on any atom is -0.326 e. The Bertz CT molecular complexity index is 1280. The number of carbonyl (C=O) groups excluding carboxylic acids is 3. The van der Waals surface area contributed by atoms with E-state index in [2.05, 4.69) is 16.0 Å². The smallest absolute Gasteiger partial charge is 0.244 e. The van der Waals surface area contributed by atoms with Crippen LogP contribution in [-0.4, -0.2) is 43.5 Å². The molecular weight excluding hydrogens is 480 g/mol. The second-order valence-electron chi connectivity index (χ2n) is 8.31. The summed E-state index contributed by atoms with van der Waals surface area (Å²) < 4.78 is 27.6. The van der Waals surface area contributed by atoms with Gasteiger partial charge in [-0.1, -0.05) is 35.4 Å². The Morgan fingerprint density at radius 2 is 1.00 bits per heavy atom. The maximum absolute atomic E-state index is 13.4. The molecule has 0 radical (unpaired) electrons. The standard InChI is InChI=1S/C26H28N4O5S/c1-18-4-8-22(9-5-18)28-25(32)16-30(17-26(33)29-23-10-6-19(2)7-11-23)36(34,35)24-14-12-21(13-15-24)27-20(3)31/h4-15H,16-17H2,1-3H3,(H,27,31)(H,28,32)(H,29,33). The Hall–Kier alpha value is -4.02. The number of nitrogens with zero attached hydrogens (tertiary/aromatic N) is 1. The number of carbonyl (C=O) groups is 3. The Kier molecular flexibility index (Phi) is 8.57. The molecule has 0 spiro atoms. The van der Waals surface area contributed by atoms with Crippen LogP contribution in [0.2, 0.25) is 0 Å². The summed E-state index contributed by atoms with van der Waals surface area (Å²) in [6, 6.07) is 19.6. The van der Waals surface area contributed by atoms with Crippen molar-refractivity contribution in [2.24, 2.45) is 0 Å². The maximum Gasteiger partial charge on any atom is 0.244 e. The van der Waals surface area contributed by atoms with Crippen LogP contribution in [-0.2, 0) is 24.4 Å². The van der Waals surface area contributed by atoms with Gasteiger partial charge in [0, 0.05) is 24.0 Å². The van der Waals surface area contributed by atoms with Crippen LogP contribution in [0, 0.1) is 13.8 Å². The third-order valence-corrected chi connectivity index (χ3v) is 6.93. The van der Waals surface area contributed by atoms with Crippen molar-refractivity contribution >= 4 is 44.8 Å². The number of sulfonamides is 1. The molecule has 0 aliphatic carbocycles. The van der Waals surface area contributed by atoms with Crippen LogP contribution >= 0.6 is 0 Å². The number of rotatable bonds is 9. The number of aryl methyl sites for hydroxylation is 2. The van der Waals surface area contributed by atoms with Crippen LogP contribution in [0.5, 0.6) is 0 Å². The molecule has 3 aromatic carbocycles. The van der Waals surface area contributed by atoms with Crippen molar-refractivity contribution in [1.29, 1.82) is 0 Å². The molecule has 0 unspecified atom stereocenters. The average Bonchev–Trinajstić information content (AvgIpc) is 2.81. The molecule has 10 heteroatoms. The number of amides is 3. The molecule has 0 fully saturated rings. The van der Waals surface area contributed by atoms with Gasteiger partial charge in [0.1, 0.15) is 0 Å². The maximum atomic E-state index is 13.4. The van der Waals surface area contributed by atoms with E-state index in [1.807, 2.05) is 38.1 Å². The molecule has 0 aliphatic heterocycles. The van der Waals surface area contributed by atoms with Gasteiger partial charge in [-0.15, -0.1) is 0 Å². The molecule has 9 nitrogen and oxygen atoms in total. The molecule has 0 saturated heterocycles. The lowest BCUT2D eigenvalue weighted by Gasteiger charge is -2.22. The Labute approximate surface area is 210 Å². The van der Waals surface area contributed by atoms with E-state index in [1.165, 1.54) is 31.2 Å². The SMILES string of the molecule is CC(=O)Nc1ccc(S(=O)(=O)N(CC(=O)Nc2ccc(C)cc2)CC(=O)Nc2ccc(C)cc2)cc1. The summed E-state index contributed by atoms with van der Waals surface area (Å²) in [5.41, 5.74) is 3.45. The number of anilines is 3. The summed E-state index contributed by atoms with van der Waals surface area (Å²) in [6.07, 6.45) is 0. The highest BCUT2D eigenvalue weighted by Gasteiger charge is 2.29. The molecule has 0 saturated carbocycles. The zero-order valence-corrected chi connectivity index (χ0v) is 21.1. The lowest BCUT2D eigenvalue weighted by atomic mass is 10.2. The van der Waals surface area contributed by atoms with Crippen LogP contribution in [0.3, 0.4) is 0 Å². The molecule has 3 aromatic rings. The number of benzene rings is 3. The molecular formula is C26H28N4O5S. The second-order valence-corrected chi connectivity index (χ2v) is 10.2. The van der Waals surface area contributed by atoms with Gasteiger partial charge in [-0.25, -0.2) is 8.42 Å². The molecule has 0 atom stereocenters. The Morgan fingerprint density at radius 1 is 0.639 bits per heavy atom. The van der Waals surface area contributed by atoms with E-state index in [0.717, 1.165) is 15.4 Å². The first-order valence-corrected chi connectivity index (χ1v) is 12.6. The van der Waals surface area contributed by atoms with E-state index < -0.39 is 34.9 Å². The van der Waals surface area contributed by atoms with Crippen LogP contribution < -0.4 is 16.0 Å². The van der Waals surface area contributed by atoms with E-state index in [0.29, 0.717) is 17.1 Å². The van der Waals surface area contributed by atoms with Crippen molar-refractivity contribution in [2.45, 2.75) is 25.7 Å². The van der Waals surface area contributed by atoms with E-state index in [-0.39, 0.29) is 10.8 Å². The van der Waals surface area contributed by atoms with Crippen molar-refractivity contribution in [2.75, 3.05) is 29.0 Å². The number of hydrogen-bond acceptors (Lipinski definition) is 5. The monoisotopic (exact) mass is 508 g/mol. The average molecular weight is 509 g/mol. The lowest BCUT2D eigenvalue weighted by molar-refractivity contribution is -0.118. The summed E-state index contributed by atoms with van der Waals surface area (Å²) in [5, 5.41) is 7.88. The Morgan fingerprint density at radius 3 is 1.39 bits per heavy atom. The quantitative estimate of drug-likeness (QED) is 0.408. The van der Waals surface area contributed by atoms with Crippen LogP contribution in [0.4, 0.5) is 17.1 Å². The van der Waals surface area contributed by atoms with Gasteiger partial charge in [0.25, 0.3) is 0 Å². The predicted molar refractivity (Wildman–Crippen MR) is 139 cm³/mol. The van der Waals surface area contributed by atoms with Crippen LogP contribution in [0.25, 0.3) is 0 Å². The third kappa shape index (κ3) is 7.49. The molecule has 0 heterocycles. The fraction of sp³-hybridized carbons (Fsp3) is 0.192. The summed E-state index contributed by atoms with van der Waals surface area (Å²) >= 11 is 0. The predicted octanol–water partition coefficient (Wildman–Crippen LogP) is 3.53. The lowest BCUT2D eigenvalue weighted by Crippen LogP contribution is -2.42. The van der Waals surface area contributed by atoms with Gasteiger partial charge in [0.05, 0.1) is 18.0 Å². The van der Waals surface area contributed by atoms with Crippen molar-refractivity contribution < 1.29 is 22.8 Å². The van der Waals surface area contributed by atoms with Gasteiger partial charge in [-0.2, -0.15) is 4.31 Å². The van der Waals surface area contributed by atoms with Crippen molar-refractivity contribution in [3.05, 3.63) is 83.9 Å². The third-order valence-electron chi connectivity index (χ3n) is 5.12. The van der Waals surface area contributed by atoms with Crippen molar-refractivity contribution in [3.8, 4) is 0 Å². The molecule has 0 aliphatic rings. The molecule has 3 amide bonds. The van der Waals surface area contributed by atoms with Gasteiger partial charge < -0.3 is 16.0 Å². The molecule has 0 aromatic heterocycles. The zero-order valence-electron chi connectivity index (χ0n) is 20.2. The van der Waals surface area contributed by atoms with Crippen molar-refractivity contribution in [3.63, 3.8) is 0 Å². The first-order chi connectivity index (χ1) is 17.0. The highest BCUT2D eigenvalue weighted by atomic mass is 32.2. The normalized spacial score (nSPS) is 11.1. The summed E-state index contributed by atoms with van der Waals surface area (Å²) in [7, 11) is -4.24. The molecule has 3 N–H and O–H groups in total. The zero-order chi connectivity index (χ0) is 26.3. The summed E-state index contributed by atoms with van der Waals surface area (Å²) in [5.74, 6) is -1.49. The van der Waals surface area contributed by atoms with E-state index in [1.54, 1.807) is 24.3 Å². The first-order valence-electron chi connectivity index (χ1n) is 11.1. The van der Waals surface area contributed by atoms with E-state index >= 15 is 0 Å². The fourth-order valence-corrected chi connectivity index (χ4v) is 4.64. The molecule has 3 rings (SSSR count). The molecule has 0 bridgehead atoms. The highest BCUT2D eigenvalue weighted by Crippen LogP contribution is 2.19. The van der Waals surface area contributed by atoms with Gasteiger partial charge in [0.2, 0.25) is 27.7 Å². The van der Waals surface area contributed by atoms with Crippen LogP contribution in [0.1, 0.15) is 18.1 Å². The Balaban J connectivity index is 1.82. The minimum absolute atomic E-state index is 0.122. The van der Waals surface area contributed by atoms with Crippen LogP contribution in [0.15, 0.2) is 77.7 Å². The first kappa shape index (κ1) is 26.6. The largest absolute Gasteiger partial charge is 0.326 e. The van der Waals surface area contributed by atoms with Gasteiger partial charge in [-0.3, -0.25) is 14.4 Å². The van der Waals surface area contributed by atoms with E-state index in [4.69, 9.17) is 0 Å². The van der Waals surface area contributed by atoms with Gasteiger partial charge in [-0.05, 0) is 62.4 Å². The fourth-order valence-electron chi connectivity index (χ4n) is 3.28. The van der Waals surface area contributed by atoms with Crippen molar-refractivity contribution in [1.82, 2.24) is 4.31 Å². The second kappa shape index (κ2) is 11.6. The number of hydrogen-bond donors (Lipinski definition) is 3.